The summed E-state index contributed by atoms with van der Waals surface area (Å²) >= 11 is 0. The molecule has 0 spiro atoms. The van der Waals surface area contributed by atoms with E-state index in [-0.39, 0.29) is 18.4 Å². The first kappa shape index (κ1) is 13.5. The van der Waals surface area contributed by atoms with Gasteiger partial charge in [-0.1, -0.05) is 13.0 Å². The van der Waals surface area contributed by atoms with E-state index in [4.69, 9.17) is 14.9 Å². The lowest BCUT2D eigenvalue weighted by Crippen LogP contribution is -2.06. The lowest BCUT2D eigenvalue weighted by molar-refractivity contribution is 0.248. The van der Waals surface area contributed by atoms with E-state index in [9.17, 15) is 4.39 Å². The largest absolute Gasteiger partial charge is 0.481 e. The van der Waals surface area contributed by atoms with Crippen molar-refractivity contribution in [3.63, 3.8) is 0 Å². The van der Waals surface area contributed by atoms with Crippen molar-refractivity contribution < 1.29 is 13.5 Å². The van der Waals surface area contributed by atoms with Crippen LogP contribution >= 0.6 is 0 Å². The number of ether oxygens (including phenoxy) is 1. The topological polar surface area (TPSA) is 74.2 Å². The molecule has 0 radical (unpaired) electrons. The number of aryl methyl sites for hydroxylation is 1. The fourth-order valence-electron chi connectivity index (χ4n) is 1.55. The second-order valence-electron chi connectivity index (χ2n) is 4.21. The van der Waals surface area contributed by atoms with Crippen molar-refractivity contribution in [2.45, 2.75) is 32.9 Å². The van der Waals surface area contributed by atoms with Crippen molar-refractivity contribution in [1.29, 1.82) is 0 Å². The van der Waals surface area contributed by atoms with E-state index in [0.29, 0.717) is 18.2 Å². The lowest BCUT2D eigenvalue weighted by atomic mass is 10.1. The molecule has 1 aromatic heterocycles. The average Bonchev–Trinajstić information content (AvgIpc) is 2.85. The summed E-state index contributed by atoms with van der Waals surface area (Å²) in [5.41, 5.74) is 6.39. The monoisotopic (exact) mass is 265 g/mol. The fourth-order valence-corrected chi connectivity index (χ4v) is 1.55. The Hall–Kier alpha value is -1.95. The Morgan fingerprint density at radius 3 is 2.68 bits per heavy atom. The molecule has 1 aromatic carbocycles. The molecule has 2 aromatic rings. The van der Waals surface area contributed by atoms with Gasteiger partial charge in [0.25, 0.3) is 5.89 Å². The molecule has 5 nitrogen and oxygen atoms in total. The minimum atomic E-state index is -0.454. The predicted molar refractivity (Wildman–Crippen MR) is 67.0 cm³/mol. The van der Waals surface area contributed by atoms with Crippen molar-refractivity contribution in [3.05, 3.63) is 41.4 Å². The number of halogens is 1. The van der Waals surface area contributed by atoms with Crippen LogP contribution in [-0.2, 0) is 13.0 Å². The van der Waals surface area contributed by atoms with Crippen LogP contribution in [0.3, 0.4) is 0 Å². The summed E-state index contributed by atoms with van der Waals surface area (Å²) < 4.78 is 24.3. The molecule has 2 N–H and O–H groups in total. The quantitative estimate of drug-likeness (QED) is 0.898. The molecule has 0 aliphatic heterocycles. The summed E-state index contributed by atoms with van der Waals surface area (Å²) in [5, 5.41) is 7.59. The van der Waals surface area contributed by atoms with Crippen molar-refractivity contribution in [1.82, 2.24) is 10.2 Å². The average molecular weight is 265 g/mol. The minimum absolute atomic E-state index is 0.0431. The number of hydrogen-bond donors (Lipinski definition) is 1. The van der Waals surface area contributed by atoms with Crippen LogP contribution in [0.4, 0.5) is 4.39 Å². The smallest absolute Gasteiger partial charge is 0.253 e. The zero-order valence-electron chi connectivity index (χ0n) is 10.9. The Morgan fingerprint density at radius 2 is 2.11 bits per heavy atom. The Bertz CT molecular complexity index is 555. The molecular weight excluding hydrogens is 249 g/mol. The summed E-state index contributed by atoms with van der Waals surface area (Å²) in [5.74, 6) is 0.546. The number of hydrogen-bond acceptors (Lipinski definition) is 5. The third-order valence-electron chi connectivity index (χ3n) is 2.64. The number of aromatic nitrogens is 2. The van der Waals surface area contributed by atoms with Crippen molar-refractivity contribution in [3.8, 4) is 5.75 Å². The highest BCUT2D eigenvalue weighted by atomic mass is 19.1. The standard InChI is InChI=1S/C13H16FN3O2/c1-3-12-16-17-13(19-12)7-18-11-5-4-9(8(2)15)6-10(11)14/h4-6,8H,3,7,15H2,1-2H3. The molecule has 6 heteroatoms. The van der Waals surface area contributed by atoms with Crippen LogP contribution in [0.5, 0.6) is 5.75 Å². The van der Waals surface area contributed by atoms with Crippen LogP contribution in [0.1, 0.15) is 37.2 Å². The second kappa shape index (κ2) is 5.79. The highest BCUT2D eigenvalue weighted by Crippen LogP contribution is 2.22. The molecule has 0 amide bonds. The van der Waals surface area contributed by atoms with Gasteiger partial charge in [-0.3, -0.25) is 0 Å². The van der Waals surface area contributed by atoms with Gasteiger partial charge in [0.15, 0.2) is 18.2 Å². The lowest BCUT2D eigenvalue weighted by Gasteiger charge is -2.09. The maximum atomic E-state index is 13.7. The van der Waals surface area contributed by atoms with E-state index in [2.05, 4.69) is 10.2 Å². The molecule has 0 fully saturated rings. The molecule has 102 valence electrons. The van der Waals surface area contributed by atoms with E-state index in [1.807, 2.05) is 6.92 Å². The van der Waals surface area contributed by atoms with Gasteiger partial charge >= 0.3 is 0 Å². The summed E-state index contributed by atoms with van der Waals surface area (Å²) in [6, 6.07) is 4.43. The summed E-state index contributed by atoms with van der Waals surface area (Å²) in [7, 11) is 0. The molecule has 19 heavy (non-hydrogen) atoms. The van der Waals surface area contributed by atoms with Crippen LogP contribution in [0, 0.1) is 5.82 Å². The predicted octanol–water partition coefficient (Wildman–Crippen LogP) is 2.37. The van der Waals surface area contributed by atoms with E-state index < -0.39 is 5.82 Å². The van der Waals surface area contributed by atoms with Gasteiger partial charge in [0.05, 0.1) is 0 Å². The normalized spacial score (nSPS) is 12.4. The number of nitrogens with two attached hydrogens (primary N) is 1. The van der Waals surface area contributed by atoms with Crippen LogP contribution in [-0.4, -0.2) is 10.2 Å². The number of benzene rings is 1. The van der Waals surface area contributed by atoms with Gasteiger partial charge < -0.3 is 14.9 Å². The Morgan fingerprint density at radius 1 is 1.37 bits per heavy atom. The molecule has 0 bridgehead atoms. The molecule has 0 saturated carbocycles. The molecule has 0 aliphatic carbocycles. The first-order valence-corrected chi connectivity index (χ1v) is 6.09. The third kappa shape index (κ3) is 3.29. The van der Waals surface area contributed by atoms with E-state index >= 15 is 0 Å². The van der Waals surface area contributed by atoms with Crippen LogP contribution in [0.25, 0.3) is 0 Å². The summed E-state index contributed by atoms with van der Waals surface area (Å²) in [6.45, 7) is 3.74. The maximum absolute atomic E-state index is 13.7. The van der Waals surface area contributed by atoms with Gasteiger partial charge in [0, 0.05) is 12.5 Å². The fraction of sp³-hybridized carbons (Fsp3) is 0.385. The molecule has 0 aliphatic rings. The maximum Gasteiger partial charge on any atom is 0.253 e. The minimum Gasteiger partial charge on any atom is -0.481 e. The second-order valence-corrected chi connectivity index (χ2v) is 4.21. The van der Waals surface area contributed by atoms with Crippen molar-refractivity contribution in [2.75, 3.05) is 0 Å². The molecule has 0 saturated heterocycles. The Kier molecular flexibility index (Phi) is 4.11. The molecule has 1 heterocycles. The van der Waals surface area contributed by atoms with Gasteiger partial charge in [-0.2, -0.15) is 0 Å². The van der Waals surface area contributed by atoms with Gasteiger partial charge in [-0.25, -0.2) is 4.39 Å². The van der Waals surface area contributed by atoms with Crippen LogP contribution < -0.4 is 10.5 Å². The van der Waals surface area contributed by atoms with Crippen LogP contribution in [0.15, 0.2) is 22.6 Å². The highest BCUT2D eigenvalue weighted by Gasteiger charge is 2.10. The van der Waals surface area contributed by atoms with Gasteiger partial charge in [0.2, 0.25) is 5.89 Å². The van der Waals surface area contributed by atoms with Gasteiger partial charge in [-0.05, 0) is 24.6 Å². The zero-order valence-corrected chi connectivity index (χ0v) is 10.9. The summed E-state index contributed by atoms with van der Waals surface area (Å²) in [6.07, 6.45) is 0.657. The third-order valence-corrected chi connectivity index (χ3v) is 2.64. The Labute approximate surface area is 110 Å². The number of nitrogens with zero attached hydrogens (tertiary/aromatic N) is 2. The first-order valence-electron chi connectivity index (χ1n) is 6.09. The van der Waals surface area contributed by atoms with Gasteiger partial charge in [0.1, 0.15) is 0 Å². The van der Waals surface area contributed by atoms with E-state index in [0.717, 1.165) is 5.56 Å². The van der Waals surface area contributed by atoms with Gasteiger partial charge in [-0.15, -0.1) is 10.2 Å². The Balaban J connectivity index is 2.03. The zero-order chi connectivity index (χ0) is 13.8. The van der Waals surface area contributed by atoms with Crippen molar-refractivity contribution in [2.24, 2.45) is 5.73 Å². The molecule has 1 unspecified atom stereocenters. The van der Waals surface area contributed by atoms with E-state index in [1.165, 1.54) is 6.07 Å². The molecular formula is C13H16FN3O2. The molecule has 2 rings (SSSR count). The molecule has 1 atom stereocenters. The first-order chi connectivity index (χ1) is 9.10. The van der Waals surface area contributed by atoms with Crippen LogP contribution in [0.2, 0.25) is 0 Å². The summed E-state index contributed by atoms with van der Waals surface area (Å²) in [4.78, 5) is 0. The van der Waals surface area contributed by atoms with E-state index in [1.54, 1.807) is 19.1 Å². The van der Waals surface area contributed by atoms with Crippen molar-refractivity contribution >= 4 is 0 Å². The number of rotatable bonds is 5. The SMILES string of the molecule is CCc1nnc(COc2ccc(C(C)N)cc2F)o1. The highest BCUT2D eigenvalue weighted by molar-refractivity contribution is 5.30.